The Hall–Kier alpha value is -3.92. The van der Waals surface area contributed by atoms with E-state index >= 15 is 0 Å². The van der Waals surface area contributed by atoms with Crippen LogP contribution in [0.2, 0.25) is 0 Å². The minimum Gasteiger partial charge on any atom is -0.497 e. The fourth-order valence-electron chi connectivity index (χ4n) is 3.46. The lowest BCUT2D eigenvalue weighted by Crippen LogP contribution is -2.32. The number of ether oxygens (including phenoxy) is 4. The number of anilines is 1. The molecule has 0 aliphatic heterocycles. The quantitative estimate of drug-likeness (QED) is 0.460. The van der Waals surface area contributed by atoms with Crippen LogP contribution in [0.4, 0.5) is 5.69 Å². The van der Waals surface area contributed by atoms with Gasteiger partial charge in [0.1, 0.15) is 11.4 Å². The van der Waals surface area contributed by atoms with Crippen molar-refractivity contribution in [2.45, 2.75) is 11.4 Å². The molecule has 3 aromatic carbocycles. The van der Waals surface area contributed by atoms with Gasteiger partial charge in [-0.15, -0.1) is 0 Å². The zero-order valence-corrected chi connectivity index (χ0v) is 20.0. The van der Waals surface area contributed by atoms with Crippen LogP contribution in [-0.2, 0) is 16.6 Å². The molecule has 0 radical (unpaired) electrons. The second kappa shape index (κ2) is 10.3. The molecule has 0 aromatic heterocycles. The Kier molecular flexibility index (Phi) is 7.52. The number of carboxylic acids is 1. The molecule has 0 amide bonds. The minimum atomic E-state index is -4.27. The lowest BCUT2D eigenvalue weighted by molar-refractivity contribution is 0.0697. The van der Waals surface area contributed by atoms with E-state index in [1.54, 1.807) is 30.3 Å². The normalized spacial score (nSPS) is 10.9. The Balaban J connectivity index is 2.35. The van der Waals surface area contributed by atoms with E-state index in [0.29, 0.717) is 11.3 Å². The summed E-state index contributed by atoms with van der Waals surface area (Å²) in [5.41, 5.74) is 0.114. The van der Waals surface area contributed by atoms with Crippen LogP contribution >= 0.6 is 0 Å². The van der Waals surface area contributed by atoms with Gasteiger partial charge in [0.15, 0.2) is 11.5 Å². The molecule has 0 heterocycles. The van der Waals surface area contributed by atoms with E-state index in [-0.39, 0.29) is 39.9 Å². The van der Waals surface area contributed by atoms with E-state index in [0.717, 1.165) is 4.31 Å². The van der Waals surface area contributed by atoms with Crippen LogP contribution in [0.5, 0.6) is 23.0 Å². The zero-order chi connectivity index (χ0) is 24.9. The van der Waals surface area contributed by atoms with Crippen molar-refractivity contribution >= 4 is 21.7 Å². The molecule has 0 unspecified atom stereocenters. The van der Waals surface area contributed by atoms with E-state index in [9.17, 15) is 18.3 Å². The molecule has 3 rings (SSSR count). The molecule has 0 aliphatic carbocycles. The molecule has 0 atom stereocenters. The van der Waals surface area contributed by atoms with Crippen molar-refractivity contribution in [2.75, 3.05) is 32.7 Å². The summed E-state index contributed by atoms with van der Waals surface area (Å²) < 4.78 is 50.1. The van der Waals surface area contributed by atoms with Gasteiger partial charge in [-0.2, -0.15) is 0 Å². The monoisotopic (exact) mass is 487 g/mol. The molecule has 0 saturated heterocycles. The fourth-order valence-corrected chi connectivity index (χ4v) is 4.94. The van der Waals surface area contributed by atoms with Crippen LogP contribution < -0.4 is 23.3 Å². The molecule has 180 valence electrons. The van der Waals surface area contributed by atoms with Crippen LogP contribution in [0.25, 0.3) is 0 Å². The highest BCUT2D eigenvalue weighted by Gasteiger charge is 2.35. The third-order valence-corrected chi connectivity index (χ3v) is 6.86. The number of hydrogen-bond acceptors (Lipinski definition) is 7. The smallest absolute Gasteiger partial charge is 0.338 e. The van der Waals surface area contributed by atoms with E-state index in [2.05, 4.69) is 0 Å². The summed E-state index contributed by atoms with van der Waals surface area (Å²) in [6.07, 6.45) is 0. The molecule has 0 fully saturated rings. The topological polar surface area (TPSA) is 112 Å². The minimum absolute atomic E-state index is 0.0580. The van der Waals surface area contributed by atoms with E-state index in [4.69, 9.17) is 18.9 Å². The van der Waals surface area contributed by atoms with Crippen LogP contribution in [0.3, 0.4) is 0 Å². The predicted molar refractivity (Wildman–Crippen MR) is 126 cm³/mol. The van der Waals surface area contributed by atoms with Crippen molar-refractivity contribution in [3.05, 3.63) is 71.8 Å². The number of methoxy groups -OCH3 is 4. The standard InChI is InChI=1S/C24H25NO8S/c1-30-17-10-12-18(13-11-17)34(28,29)25(15-16-8-6-5-7-9-16)21-19(24(26)27)14-20(31-2)22(32-3)23(21)33-4/h5-14H,15H2,1-4H3,(H,26,27). The second-order valence-corrected chi connectivity index (χ2v) is 8.88. The number of carbonyl (C=O) groups is 1. The SMILES string of the molecule is COc1ccc(S(=O)(=O)N(Cc2ccccc2)c2c(C(=O)O)cc(OC)c(OC)c2OC)cc1. The first-order valence-electron chi connectivity index (χ1n) is 10.1. The number of hydrogen-bond donors (Lipinski definition) is 1. The van der Waals surface area contributed by atoms with E-state index in [1.807, 2.05) is 0 Å². The molecular formula is C24H25NO8S. The van der Waals surface area contributed by atoms with Gasteiger partial charge in [-0.1, -0.05) is 30.3 Å². The number of carboxylic acid groups (broad SMARTS) is 1. The molecular weight excluding hydrogens is 462 g/mol. The highest BCUT2D eigenvalue weighted by atomic mass is 32.2. The van der Waals surface area contributed by atoms with Crippen LogP contribution in [-0.4, -0.2) is 47.9 Å². The Bertz CT molecular complexity index is 1260. The lowest BCUT2D eigenvalue weighted by Gasteiger charge is -2.29. The number of aromatic carboxylic acids is 1. The summed E-state index contributed by atoms with van der Waals surface area (Å²) >= 11 is 0. The molecule has 10 heteroatoms. The van der Waals surface area contributed by atoms with Crippen LogP contribution in [0, 0.1) is 0 Å². The molecule has 3 aromatic rings. The fraction of sp³-hybridized carbons (Fsp3) is 0.208. The first-order valence-corrected chi connectivity index (χ1v) is 11.5. The Morgan fingerprint density at radius 2 is 1.47 bits per heavy atom. The summed E-state index contributed by atoms with van der Waals surface area (Å²) in [5, 5.41) is 10.00. The van der Waals surface area contributed by atoms with E-state index < -0.39 is 16.0 Å². The molecule has 0 bridgehead atoms. The van der Waals surface area contributed by atoms with Gasteiger partial charge in [-0.05, 0) is 29.8 Å². The molecule has 0 spiro atoms. The Morgan fingerprint density at radius 3 is 1.97 bits per heavy atom. The molecule has 0 aliphatic rings. The van der Waals surface area contributed by atoms with Crippen molar-refractivity contribution in [3.8, 4) is 23.0 Å². The molecule has 34 heavy (non-hydrogen) atoms. The summed E-state index contributed by atoms with van der Waals surface area (Å²) in [7, 11) is 1.19. The van der Waals surface area contributed by atoms with Crippen molar-refractivity contribution in [3.63, 3.8) is 0 Å². The Morgan fingerprint density at radius 1 is 0.853 bits per heavy atom. The van der Waals surface area contributed by atoms with Crippen LogP contribution in [0.15, 0.2) is 65.6 Å². The number of nitrogens with zero attached hydrogens (tertiary/aromatic N) is 1. The Labute approximate surface area is 198 Å². The van der Waals surface area contributed by atoms with Gasteiger partial charge in [0.25, 0.3) is 10.0 Å². The summed E-state index contributed by atoms with van der Waals surface area (Å²) in [5.74, 6) is -0.831. The largest absolute Gasteiger partial charge is 0.497 e. The highest BCUT2D eigenvalue weighted by Crippen LogP contribution is 2.48. The highest BCUT2D eigenvalue weighted by molar-refractivity contribution is 7.92. The maximum Gasteiger partial charge on any atom is 0.338 e. The van der Waals surface area contributed by atoms with Gasteiger partial charge >= 0.3 is 5.97 Å². The zero-order valence-electron chi connectivity index (χ0n) is 19.1. The summed E-state index contributed by atoms with van der Waals surface area (Å²) in [6, 6.07) is 15.8. The average molecular weight is 488 g/mol. The van der Waals surface area contributed by atoms with Gasteiger partial charge < -0.3 is 24.1 Å². The van der Waals surface area contributed by atoms with Crippen molar-refractivity contribution in [1.82, 2.24) is 0 Å². The van der Waals surface area contributed by atoms with Gasteiger partial charge in [-0.25, -0.2) is 13.2 Å². The van der Waals surface area contributed by atoms with Crippen LogP contribution in [0.1, 0.15) is 15.9 Å². The van der Waals surface area contributed by atoms with Gasteiger partial charge in [-0.3, -0.25) is 4.31 Å². The maximum absolute atomic E-state index is 13.9. The molecule has 9 nitrogen and oxygen atoms in total. The van der Waals surface area contributed by atoms with Crippen molar-refractivity contribution in [2.24, 2.45) is 0 Å². The van der Waals surface area contributed by atoms with Crippen molar-refractivity contribution < 1.29 is 37.3 Å². The number of sulfonamides is 1. The number of rotatable bonds is 10. The first-order chi connectivity index (χ1) is 16.3. The average Bonchev–Trinajstić information content (AvgIpc) is 2.86. The maximum atomic E-state index is 13.9. The third kappa shape index (κ3) is 4.72. The predicted octanol–water partition coefficient (Wildman–Crippen LogP) is 3.81. The second-order valence-electron chi connectivity index (χ2n) is 7.02. The van der Waals surface area contributed by atoms with Gasteiger partial charge in [0, 0.05) is 6.07 Å². The molecule has 1 N–H and O–H groups in total. The van der Waals surface area contributed by atoms with Gasteiger partial charge in [0.2, 0.25) is 5.75 Å². The van der Waals surface area contributed by atoms with Crippen molar-refractivity contribution in [1.29, 1.82) is 0 Å². The van der Waals surface area contributed by atoms with Gasteiger partial charge in [0.05, 0.1) is 45.4 Å². The lowest BCUT2D eigenvalue weighted by atomic mass is 10.1. The summed E-state index contributed by atoms with van der Waals surface area (Å²) in [6.45, 7) is -0.165. The third-order valence-electron chi connectivity index (χ3n) is 5.10. The molecule has 0 saturated carbocycles. The number of benzene rings is 3. The van der Waals surface area contributed by atoms with E-state index in [1.165, 1.54) is 58.8 Å². The first kappa shape index (κ1) is 24.7. The summed E-state index contributed by atoms with van der Waals surface area (Å²) in [4.78, 5) is 12.2.